The quantitative estimate of drug-likeness (QED) is 0.405. The number of alkyl halides is 1. The first-order valence-electron chi connectivity index (χ1n) is 8.95. The van der Waals surface area contributed by atoms with Crippen molar-refractivity contribution in [2.45, 2.75) is 45.3 Å². The zero-order valence-electron chi connectivity index (χ0n) is 16.5. The van der Waals surface area contributed by atoms with Gasteiger partial charge in [0, 0.05) is 5.41 Å². The lowest BCUT2D eigenvalue weighted by Gasteiger charge is -2.27. The van der Waals surface area contributed by atoms with E-state index in [2.05, 4.69) is 13.8 Å². The van der Waals surface area contributed by atoms with Gasteiger partial charge in [-0.05, 0) is 37.6 Å². The largest absolute Gasteiger partial charge is 0.495 e. The molecule has 1 aromatic rings. The van der Waals surface area contributed by atoms with Gasteiger partial charge in [-0.15, -0.1) is 0 Å². The summed E-state index contributed by atoms with van der Waals surface area (Å²) in [7, 11) is 0. The highest BCUT2D eigenvalue weighted by atomic mass is 19.1. The molecular weight excluding hydrogens is 351 g/mol. The molecule has 0 fully saturated rings. The topological polar surface area (TPSA) is 79.2 Å². The second-order valence-corrected chi connectivity index (χ2v) is 7.04. The predicted octanol–water partition coefficient (Wildman–Crippen LogP) is 2.89. The van der Waals surface area contributed by atoms with Gasteiger partial charge in [0.15, 0.2) is 0 Å². The van der Waals surface area contributed by atoms with Crippen LogP contribution in [0, 0.1) is 0 Å². The fourth-order valence-corrected chi connectivity index (χ4v) is 2.21. The Morgan fingerprint density at radius 3 is 2.26 bits per heavy atom. The fraction of sp³-hybridized carbons (Fsp3) is 0.524. The lowest BCUT2D eigenvalue weighted by Crippen LogP contribution is -2.21. The Kier molecular flexibility index (Phi) is 9.49. The second-order valence-electron chi connectivity index (χ2n) is 7.04. The molecule has 152 valence electrons. The van der Waals surface area contributed by atoms with Crippen LogP contribution in [-0.2, 0) is 10.2 Å². The van der Waals surface area contributed by atoms with Crippen LogP contribution in [0.5, 0.6) is 5.75 Å². The summed E-state index contributed by atoms with van der Waals surface area (Å²) in [6.07, 6.45) is 1.75. The van der Waals surface area contributed by atoms with Crippen molar-refractivity contribution in [1.29, 1.82) is 0 Å². The van der Waals surface area contributed by atoms with E-state index in [4.69, 9.17) is 14.6 Å². The van der Waals surface area contributed by atoms with Gasteiger partial charge in [0.25, 0.3) is 0 Å². The van der Waals surface area contributed by atoms with E-state index in [0.717, 1.165) is 11.1 Å². The number of rotatable bonds is 11. The summed E-state index contributed by atoms with van der Waals surface area (Å²) in [5.74, 6) is 1.23. The van der Waals surface area contributed by atoms with E-state index >= 15 is 0 Å². The molecular formula is C21H31FO5. The van der Waals surface area contributed by atoms with Crippen LogP contribution in [-0.4, -0.2) is 54.0 Å². The fourth-order valence-electron chi connectivity index (χ4n) is 2.21. The number of aliphatic hydroxyl groups is 3. The summed E-state index contributed by atoms with van der Waals surface area (Å²) in [6.45, 7) is 6.78. The smallest absolute Gasteiger partial charge is 0.119 e. The third kappa shape index (κ3) is 7.71. The third-order valence-electron chi connectivity index (χ3n) is 4.46. The van der Waals surface area contributed by atoms with Crippen LogP contribution in [0.3, 0.4) is 0 Å². The van der Waals surface area contributed by atoms with Crippen LogP contribution in [0.25, 0.3) is 0 Å². The molecule has 6 heteroatoms. The van der Waals surface area contributed by atoms with Gasteiger partial charge >= 0.3 is 0 Å². The Bertz CT molecular complexity index is 622. The number of allylic oxidation sites excluding steroid dienone is 4. The maximum Gasteiger partial charge on any atom is 0.119 e. The molecule has 0 aliphatic rings. The van der Waals surface area contributed by atoms with Crippen molar-refractivity contribution in [3.8, 4) is 5.75 Å². The first-order valence-corrected chi connectivity index (χ1v) is 8.95. The molecule has 27 heavy (non-hydrogen) atoms. The first-order chi connectivity index (χ1) is 12.7. The number of ether oxygens (including phenoxy) is 2. The highest BCUT2D eigenvalue weighted by Crippen LogP contribution is 2.32. The summed E-state index contributed by atoms with van der Waals surface area (Å²) in [4.78, 5) is 0. The molecule has 0 amide bonds. The summed E-state index contributed by atoms with van der Waals surface area (Å²) < 4.78 is 23.0. The number of halogens is 1. The molecule has 1 aromatic carbocycles. The maximum absolute atomic E-state index is 12.2. The average Bonchev–Trinajstić information content (AvgIpc) is 2.68. The summed E-state index contributed by atoms with van der Waals surface area (Å²) in [5.41, 5.74) is 1.95. The van der Waals surface area contributed by atoms with Crippen molar-refractivity contribution in [2.75, 3.05) is 26.5 Å². The SMILES string of the molecule is C/C(=C\C=C(/C)C(C)(C)c1ccc(OCC(O)CO)cc1)OCC(O)CF. The van der Waals surface area contributed by atoms with E-state index in [-0.39, 0.29) is 25.2 Å². The zero-order valence-corrected chi connectivity index (χ0v) is 16.5. The van der Waals surface area contributed by atoms with Gasteiger partial charge < -0.3 is 24.8 Å². The number of benzene rings is 1. The van der Waals surface area contributed by atoms with E-state index in [1.54, 1.807) is 13.0 Å². The normalized spacial score (nSPS) is 15.4. The van der Waals surface area contributed by atoms with Crippen molar-refractivity contribution in [3.63, 3.8) is 0 Å². The highest BCUT2D eigenvalue weighted by Gasteiger charge is 2.22. The van der Waals surface area contributed by atoms with Gasteiger partial charge in [0.05, 0.1) is 12.4 Å². The van der Waals surface area contributed by atoms with Crippen LogP contribution in [0.15, 0.2) is 47.7 Å². The van der Waals surface area contributed by atoms with Gasteiger partial charge in [0.1, 0.15) is 37.8 Å². The number of hydrogen-bond donors (Lipinski definition) is 3. The number of hydrogen-bond acceptors (Lipinski definition) is 5. The molecule has 0 heterocycles. The molecule has 0 aliphatic carbocycles. The van der Waals surface area contributed by atoms with Crippen molar-refractivity contribution in [2.24, 2.45) is 0 Å². The molecule has 0 spiro atoms. The standard InChI is InChI=1S/C21H31FO5/c1-15(5-6-16(2)26-13-18(24)11-22)21(3,4)17-7-9-20(10-8-17)27-14-19(25)12-23/h5-10,18-19,23-25H,11-14H2,1-4H3/b15-5+,16-6+. The van der Waals surface area contributed by atoms with Crippen LogP contribution < -0.4 is 4.74 Å². The van der Waals surface area contributed by atoms with Gasteiger partial charge in [-0.2, -0.15) is 0 Å². The van der Waals surface area contributed by atoms with E-state index < -0.39 is 18.9 Å². The minimum Gasteiger partial charge on any atom is -0.495 e. The Labute approximate surface area is 160 Å². The maximum atomic E-state index is 12.2. The molecule has 0 bridgehead atoms. The second kappa shape index (κ2) is 11.1. The van der Waals surface area contributed by atoms with Crippen molar-refractivity contribution >= 4 is 0 Å². The van der Waals surface area contributed by atoms with Gasteiger partial charge in [-0.3, -0.25) is 0 Å². The van der Waals surface area contributed by atoms with E-state index in [0.29, 0.717) is 11.5 Å². The Hall–Kier alpha value is -1.89. The molecule has 0 aliphatic heterocycles. The lowest BCUT2D eigenvalue weighted by atomic mass is 9.78. The average molecular weight is 382 g/mol. The summed E-state index contributed by atoms with van der Waals surface area (Å²) in [6, 6.07) is 7.58. The molecule has 3 N–H and O–H groups in total. The third-order valence-corrected chi connectivity index (χ3v) is 4.46. The molecule has 0 saturated heterocycles. The lowest BCUT2D eigenvalue weighted by molar-refractivity contribution is 0.0536. The van der Waals surface area contributed by atoms with Crippen molar-refractivity contribution in [1.82, 2.24) is 0 Å². The highest BCUT2D eigenvalue weighted by molar-refractivity contribution is 5.38. The molecule has 2 atom stereocenters. The Morgan fingerprint density at radius 2 is 1.70 bits per heavy atom. The Morgan fingerprint density at radius 1 is 1.07 bits per heavy atom. The van der Waals surface area contributed by atoms with Crippen LogP contribution in [0.2, 0.25) is 0 Å². The van der Waals surface area contributed by atoms with Crippen LogP contribution in [0.4, 0.5) is 4.39 Å². The van der Waals surface area contributed by atoms with Gasteiger partial charge in [-0.1, -0.05) is 37.6 Å². The predicted molar refractivity (Wildman–Crippen MR) is 104 cm³/mol. The molecule has 1 rings (SSSR count). The minimum absolute atomic E-state index is 0.0410. The first kappa shape index (κ1) is 23.1. The van der Waals surface area contributed by atoms with Crippen LogP contribution in [0.1, 0.15) is 33.3 Å². The zero-order chi connectivity index (χ0) is 20.4. The van der Waals surface area contributed by atoms with Gasteiger partial charge in [0.2, 0.25) is 0 Å². The monoisotopic (exact) mass is 382 g/mol. The van der Waals surface area contributed by atoms with Crippen molar-refractivity contribution < 1.29 is 29.2 Å². The molecule has 0 saturated carbocycles. The van der Waals surface area contributed by atoms with Gasteiger partial charge in [-0.25, -0.2) is 4.39 Å². The summed E-state index contributed by atoms with van der Waals surface area (Å²) >= 11 is 0. The summed E-state index contributed by atoms with van der Waals surface area (Å²) in [5, 5.41) is 27.3. The molecule has 2 unspecified atom stereocenters. The van der Waals surface area contributed by atoms with E-state index in [1.807, 2.05) is 37.3 Å². The van der Waals surface area contributed by atoms with Crippen molar-refractivity contribution in [3.05, 3.63) is 53.3 Å². The molecule has 0 aromatic heterocycles. The minimum atomic E-state index is -1.10. The van der Waals surface area contributed by atoms with E-state index in [1.165, 1.54) is 0 Å². The van der Waals surface area contributed by atoms with Crippen LogP contribution >= 0.6 is 0 Å². The number of aliphatic hydroxyl groups excluding tert-OH is 3. The Balaban J connectivity index is 2.76. The van der Waals surface area contributed by atoms with E-state index in [9.17, 15) is 14.6 Å². The molecule has 5 nitrogen and oxygen atoms in total. The molecule has 0 radical (unpaired) electrons.